The summed E-state index contributed by atoms with van der Waals surface area (Å²) < 4.78 is 39.7. The van der Waals surface area contributed by atoms with E-state index in [0.29, 0.717) is 26.2 Å². The Morgan fingerprint density at radius 2 is 1.54 bits per heavy atom. The number of hydrogen-bond donors (Lipinski definition) is 1. The maximum absolute atomic E-state index is 13.6. The van der Waals surface area contributed by atoms with Crippen LogP contribution in [0.1, 0.15) is 0 Å². The first-order valence-electron chi connectivity index (χ1n) is 7.55. The smallest absolute Gasteiger partial charge is 0.322 e. The van der Waals surface area contributed by atoms with Gasteiger partial charge in [-0.25, -0.2) is 18.0 Å². The Morgan fingerprint density at radius 1 is 0.875 bits per heavy atom. The minimum absolute atomic E-state index is 0.371. The van der Waals surface area contributed by atoms with E-state index in [-0.39, 0.29) is 5.69 Å². The monoisotopic (exact) mass is 335 g/mol. The van der Waals surface area contributed by atoms with Crippen molar-refractivity contribution in [2.24, 2.45) is 0 Å². The predicted molar refractivity (Wildman–Crippen MR) is 85.6 cm³/mol. The number of amides is 2. The summed E-state index contributed by atoms with van der Waals surface area (Å²) in [6, 6.07) is 11.1. The molecule has 3 rings (SSSR count). The quantitative estimate of drug-likeness (QED) is 0.853. The van der Waals surface area contributed by atoms with Gasteiger partial charge < -0.3 is 15.1 Å². The molecule has 0 radical (unpaired) electrons. The molecule has 0 aliphatic carbocycles. The van der Waals surface area contributed by atoms with Gasteiger partial charge in [0.15, 0.2) is 17.5 Å². The molecule has 1 aliphatic heterocycles. The van der Waals surface area contributed by atoms with Crippen molar-refractivity contribution in [1.82, 2.24) is 4.90 Å². The number of halogens is 3. The lowest BCUT2D eigenvalue weighted by Crippen LogP contribution is -2.50. The first-order chi connectivity index (χ1) is 11.6. The molecule has 7 heteroatoms. The Hall–Kier alpha value is -2.70. The first kappa shape index (κ1) is 16.2. The van der Waals surface area contributed by atoms with Gasteiger partial charge in [0.2, 0.25) is 0 Å². The average Bonchev–Trinajstić information content (AvgIpc) is 2.63. The number of hydrogen-bond acceptors (Lipinski definition) is 2. The van der Waals surface area contributed by atoms with E-state index in [1.165, 1.54) is 4.90 Å². The molecule has 1 heterocycles. The van der Waals surface area contributed by atoms with Crippen LogP contribution in [0.25, 0.3) is 0 Å². The second kappa shape index (κ2) is 6.82. The van der Waals surface area contributed by atoms with E-state index in [4.69, 9.17) is 0 Å². The van der Waals surface area contributed by atoms with Crippen molar-refractivity contribution < 1.29 is 18.0 Å². The summed E-state index contributed by atoms with van der Waals surface area (Å²) >= 11 is 0. The summed E-state index contributed by atoms with van der Waals surface area (Å²) in [6.07, 6.45) is 0. The fourth-order valence-corrected chi connectivity index (χ4v) is 2.62. The van der Waals surface area contributed by atoms with Gasteiger partial charge in [0, 0.05) is 31.9 Å². The van der Waals surface area contributed by atoms with Crippen LogP contribution in [-0.4, -0.2) is 37.1 Å². The molecule has 0 bridgehead atoms. The van der Waals surface area contributed by atoms with Crippen molar-refractivity contribution in [2.75, 3.05) is 36.4 Å². The number of benzene rings is 2. The molecular weight excluding hydrogens is 319 g/mol. The molecule has 126 valence electrons. The fourth-order valence-electron chi connectivity index (χ4n) is 2.62. The van der Waals surface area contributed by atoms with E-state index in [0.717, 1.165) is 17.8 Å². The summed E-state index contributed by atoms with van der Waals surface area (Å²) in [5, 5.41) is 2.29. The van der Waals surface area contributed by atoms with Crippen molar-refractivity contribution in [3.05, 3.63) is 59.9 Å². The van der Waals surface area contributed by atoms with E-state index in [1.54, 1.807) is 0 Å². The van der Waals surface area contributed by atoms with Gasteiger partial charge in [0.05, 0.1) is 5.69 Å². The highest BCUT2D eigenvalue weighted by Gasteiger charge is 2.23. The Morgan fingerprint density at radius 3 is 2.21 bits per heavy atom. The third kappa shape index (κ3) is 3.29. The highest BCUT2D eigenvalue weighted by atomic mass is 19.2. The zero-order chi connectivity index (χ0) is 17.1. The maximum atomic E-state index is 13.6. The Labute approximate surface area is 137 Å². The summed E-state index contributed by atoms with van der Waals surface area (Å²) in [5.41, 5.74) is 0.702. The fraction of sp³-hybridized carbons (Fsp3) is 0.235. The summed E-state index contributed by atoms with van der Waals surface area (Å²) in [4.78, 5) is 15.8. The van der Waals surface area contributed by atoms with E-state index in [9.17, 15) is 18.0 Å². The van der Waals surface area contributed by atoms with Gasteiger partial charge in [-0.15, -0.1) is 0 Å². The summed E-state index contributed by atoms with van der Waals surface area (Å²) in [7, 11) is 0. The molecule has 0 atom stereocenters. The highest BCUT2D eigenvalue weighted by molar-refractivity contribution is 5.89. The zero-order valence-electron chi connectivity index (χ0n) is 12.8. The number of nitrogens with one attached hydrogen (secondary N) is 1. The van der Waals surface area contributed by atoms with Gasteiger partial charge in [0.25, 0.3) is 0 Å². The number of carbonyl (C=O) groups is 1. The maximum Gasteiger partial charge on any atom is 0.322 e. The van der Waals surface area contributed by atoms with E-state index < -0.39 is 23.5 Å². The third-order valence-corrected chi connectivity index (χ3v) is 3.97. The van der Waals surface area contributed by atoms with Crippen molar-refractivity contribution in [2.45, 2.75) is 0 Å². The van der Waals surface area contributed by atoms with E-state index >= 15 is 0 Å². The lowest BCUT2D eigenvalue weighted by Gasteiger charge is -2.36. The van der Waals surface area contributed by atoms with Crippen LogP contribution in [0.4, 0.5) is 29.3 Å². The topological polar surface area (TPSA) is 35.6 Å². The van der Waals surface area contributed by atoms with Gasteiger partial charge in [-0.3, -0.25) is 0 Å². The lowest BCUT2D eigenvalue weighted by atomic mass is 10.2. The lowest BCUT2D eigenvalue weighted by molar-refractivity contribution is 0.208. The molecule has 4 nitrogen and oxygen atoms in total. The Kier molecular flexibility index (Phi) is 4.59. The minimum atomic E-state index is -1.60. The number of para-hydroxylation sites is 1. The predicted octanol–water partition coefficient (Wildman–Crippen LogP) is 3.46. The number of urea groups is 1. The molecule has 2 aromatic rings. The molecule has 0 aromatic heterocycles. The normalized spacial score (nSPS) is 14.6. The zero-order valence-corrected chi connectivity index (χ0v) is 12.8. The van der Waals surface area contributed by atoms with Gasteiger partial charge in [0.1, 0.15) is 0 Å². The van der Waals surface area contributed by atoms with Crippen LogP contribution in [0, 0.1) is 17.5 Å². The minimum Gasteiger partial charge on any atom is -0.368 e. The Bertz CT molecular complexity index is 731. The molecule has 0 saturated carbocycles. The van der Waals surface area contributed by atoms with Gasteiger partial charge >= 0.3 is 6.03 Å². The second-order valence-corrected chi connectivity index (χ2v) is 5.46. The molecule has 1 N–H and O–H groups in total. The van der Waals surface area contributed by atoms with Crippen LogP contribution in [0.5, 0.6) is 0 Å². The van der Waals surface area contributed by atoms with Crippen molar-refractivity contribution in [3.8, 4) is 0 Å². The van der Waals surface area contributed by atoms with Crippen LogP contribution >= 0.6 is 0 Å². The number of nitrogens with zero attached hydrogens (tertiary/aromatic N) is 2. The van der Waals surface area contributed by atoms with Crippen LogP contribution in [0.2, 0.25) is 0 Å². The van der Waals surface area contributed by atoms with Gasteiger partial charge in [-0.1, -0.05) is 18.2 Å². The number of carbonyl (C=O) groups excluding carboxylic acids is 1. The summed E-state index contributed by atoms with van der Waals surface area (Å²) in [6.45, 7) is 2.17. The SMILES string of the molecule is O=C(Nc1ccc(F)c(F)c1F)N1CCN(c2ccccc2)CC1. The van der Waals surface area contributed by atoms with Crippen LogP contribution in [-0.2, 0) is 0 Å². The van der Waals surface area contributed by atoms with Crippen LogP contribution < -0.4 is 10.2 Å². The molecule has 2 amide bonds. The highest BCUT2D eigenvalue weighted by Crippen LogP contribution is 2.21. The molecule has 0 unspecified atom stereocenters. The molecule has 0 spiro atoms. The van der Waals surface area contributed by atoms with Crippen molar-refractivity contribution >= 4 is 17.4 Å². The largest absolute Gasteiger partial charge is 0.368 e. The summed E-state index contributed by atoms with van der Waals surface area (Å²) in [5.74, 6) is -4.28. The van der Waals surface area contributed by atoms with Gasteiger partial charge in [-0.2, -0.15) is 0 Å². The number of anilines is 2. The molecule has 24 heavy (non-hydrogen) atoms. The van der Waals surface area contributed by atoms with Crippen molar-refractivity contribution in [1.29, 1.82) is 0 Å². The molecule has 1 aliphatic rings. The second-order valence-electron chi connectivity index (χ2n) is 5.46. The molecule has 2 aromatic carbocycles. The van der Waals surface area contributed by atoms with Crippen LogP contribution in [0.15, 0.2) is 42.5 Å². The Balaban J connectivity index is 1.61. The first-order valence-corrected chi connectivity index (χ1v) is 7.55. The van der Waals surface area contributed by atoms with Crippen LogP contribution in [0.3, 0.4) is 0 Å². The van der Waals surface area contributed by atoms with E-state index in [1.807, 2.05) is 30.3 Å². The standard InChI is InChI=1S/C17H16F3N3O/c18-13-6-7-14(16(20)15(13)19)21-17(24)23-10-8-22(9-11-23)12-4-2-1-3-5-12/h1-7H,8-11H2,(H,21,24). The van der Waals surface area contributed by atoms with Gasteiger partial charge in [-0.05, 0) is 24.3 Å². The number of rotatable bonds is 2. The van der Waals surface area contributed by atoms with Crippen molar-refractivity contribution in [3.63, 3.8) is 0 Å². The third-order valence-electron chi connectivity index (χ3n) is 3.97. The molecule has 1 saturated heterocycles. The number of piperazine rings is 1. The molecular formula is C17H16F3N3O. The molecule has 1 fully saturated rings. The van der Waals surface area contributed by atoms with E-state index in [2.05, 4.69) is 10.2 Å². The average molecular weight is 335 g/mol.